The smallest absolute Gasteiger partial charge is 0.296 e. The summed E-state index contributed by atoms with van der Waals surface area (Å²) in [6.45, 7) is 0.268. The highest BCUT2D eigenvalue weighted by Crippen LogP contribution is 2.34. The van der Waals surface area contributed by atoms with E-state index in [0.29, 0.717) is 31.7 Å². The molecule has 5 nitrogen and oxygen atoms in total. The van der Waals surface area contributed by atoms with Gasteiger partial charge in [0.05, 0.1) is 29.5 Å². The average Bonchev–Trinajstić information content (AvgIpc) is 3.00. The summed E-state index contributed by atoms with van der Waals surface area (Å²) in [4.78, 5) is 29.6. The van der Waals surface area contributed by atoms with E-state index < -0.39 is 11.7 Å². The van der Waals surface area contributed by atoms with E-state index in [1.54, 1.807) is 59.3 Å². The Balaban J connectivity index is 1.78. The van der Waals surface area contributed by atoms with Gasteiger partial charge in [-0.25, -0.2) is 0 Å². The number of pyridine rings is 1. The van der Waals surface area contributed by atoms with E-state index in [1.807, 2.05) is 0 Å². The molecule has 2 aromatic carbocycles. The second-order valence-electron chi connectivity index (χ2n) is 6.67. The Bertz CT molecular complexity index is 1320. The number of anilines is 1. The molecular formula is C22H13Cl4N3O2. The normalized spacial score (nSPS) is 11.0. The maximum Gasteiger partial charge on any atom is 0.296 e. The van der Waals surface area contributed by atoms with Crippen molar-refractivity contribution in [1.82, 2.24) is 9.55 Å². The standard InChI is InChI=1S/C22H13Cl4N3O2/c23-13-5-6-18-16(8-13)19(20(30)22(31)28-15-2-1-7-27-10-15)21(26)29(18)11-12-3-4-14(24)9-17(12)25/h1-10H,11H2,(H,28,31). The third kappa shape index (κ3) is 4.41. The first kappa shape index (κ1) is 21.7. The van der Waals surface area contributed by atoms with Gasteiger partial charge in [-0.2, -0.15) is 0 Å². The van der Waals surface area contributed by atoms with Crippen molar-refractivity contribution in [3.05, 3.63) is 92.3 Å². The Morgan fingerprint density at radius 3 is 2.42 bits per heavy atom. The van der Waals surface area contributed by atoms with Crippen LogP contribution in [0.1, 0.15) is 15.9 Å². The molecule has 4 rings (SSSR count). The lowest BCUT2D eigenvalue weighted by molar-refractivity contribution is -0.112. The minimum Gasteiger partial charge on any atom is -0.326 e. The molecule has 0 saturated heterocycles. The number of carbonyl (C=O) groups is 2. The average molecular weight is 493 g/mol. The summed E-state index contributed by atoms with van der Waals surface area (Å²) in [6.07, 6.45) is 3.00. The van der Waals surface area contributed by atoms with Crippen LogP contribution in [0.5, 0.6) is 0 Å². The van der Waals surface area contributed by atoms with Crippen LogP contribution in [-0.4, -0.2) is 21.2 Å². The molecule has 0 unspecified atom stereocenters. The second-order valence-corrected chi connectivity index (χ2v) is 8.31. The number of rotatable bonds is 5. The number of nitrogens with zero attached hydrogens (tertiary/aromatic N) is 2. The molecule has 31 heavy (non-hydrogen) atoms. The molecule has 0 bridgehead atoms. The van der Waals surface area contributed by atoms with Gasteiger partial charge in [0.15, 0.2) is 0 Å². The Hall–Kier alpha value is -2.57. The summed E-state index contributed by atoms with van der Waals surface area (Å²) < 4.78 is 1.70. The summed E-state index contributed by atoms with van der Waals surface area (Å²) in [5.74, 6) is -1.62. The highest BCUT2D eigenvalue weighted by Gasteiger charge is 2.27. The van der Waals surface area contributed by atoms with E-state index in [0.717, 1.165) is 5.56 Å². The topological polar surface area (TPSA) is 64.0 Å². The number of fused-ring (bicyclic) bond motifs is 1. The Morgan fingerprint density at radius 2 is 1.71 bits per heavy atom. The second kappa shape index (κ2) is 8.89. The first-order valence-corrected chi connectivity index (χ1v) is 10.5. The van der Waals surface area contributed by atoms with Gasteiger partial charge in [-0.05, 0) is 48.0 Å². The van der Waals surface area contributed by atoms with E-state index in [9.17, 15) is 9.59 Å². The zero-order chi connectivity index (χ0) is 22.1. The highest BCUT2D eigenvalue weighted by molar-refractivity contribution is 6.52. The zero-order valence-electron chi connectivity index (χ0n) is 15.7. The van der Waals surface area contributed by atoms with Crippen LogP contribution in [0, 0.1) is 0 Å². The number of halogens is 4. The van der Waals surface area contributed by atoms with Crippen LogP contribution >= 0.6 is 46.4 Å². The Morgan fingerprint density at radius 1 is 0.968 bits per heavy atom. The summed E-state index contributed by atoms with van der Waals surface area (Å²) >= 11 is 25.1. The lowest BCUT2D eigenvalue weighted by Crippen LogP contribution is -2.23. The van der Waals surface area contributed by atoms with Gasteiger partial charge in [-0.1, -0.05) is 52.5 Å². The number of benzene rings is 2. The highest BCUT2D eigenvalue weighted by atomic mass is 35.5. The number of nitrogens with one attached hydrogen (secondary N) is 1. The molecule has 1 amide bonds. The zero-order valence-corrected chi connectivity index (χ0v) is 18.7. The molecule has 0 radical (unpaired) electrons. The maximum atomic E-state index is 13.1. The predicted molar refractivity (Wildman–Crippen MR) is 125 cm³/mol. The fourth-order valence-electron chi connectivity index (χ4n) is 3.22. The molecular weight excluding hydrogens is 480 g/mol. The van der Waals surface area contributed by atoms with Crippen molar-refractivity contribution in [2.75, 3.05) is 5.32 Å². The number of hydrogen-bond donors (Lipinski definition) is 1. The van der Waals surface area contributed by atoms with E-state index in [-0.39, 0.29) is 17.3 Å². The number of amides is 1. The van der Waals surface area contributed by atoms with Crippen molar-refractivity contribution in [3.63, 3.8) is 0 Å². The van der Waals surface area contributed by atoms with Gasteiger partial charge < -0.3 is 9.88 Å². The predicted octanol–water partition coefficient (Wildman–Crippen LogP) is 6.52. The Labute approximate surface area is 197 Å². The quantitative estimate of drug-likeness (QED) is 0.255. The van der Waals surface area contributed by atoms with Crippen LogP contribution in [-0.2, 0) is 11.3 Å². The van der Waals surface area contributed by atoms with E-state index in [1.165, 1.54) is 6.20 Å². The molecule has 0 atom stereocenters. The molecule has 2 aromatic heterocycles. The van der Waals surface area contributed by atoms with Crippen molar-refractivity contribution in [1.29, 1.82) is 0 Å². The number of ketones is 1. The lowest BCUT2D eigenvalue weighted by Gasteiger charge is -2.10. The van der Waals surface area contributed by atoms with Crippen molar-refractivity contribution in [3.8, 4) is 0 Å². The van der Waals surface area contributed by atoms with Crippen molar-refractivity contribution in [2.24, 2.45) is 0 Å². The van der Waals surface area contributed by atoms with Crippen molar-refractivity contribution < 1.29 is 9.59 Å². The molecule has 0 saturated carbocycles. The largest absolute Gasteiger partial charge is 0.326 e. The molecule has 0 fully saturated rings. The third-order valence-electron chi connectivity index (χ3n) is 4.66. The van der Waals surface area contributed by atoms with Crippen LogP contribution in [0.2, 0.25) is 20.2 Å². The number of Topliss-reactive ketones (excluding diaryl/α,β-unsaturated/α-hetero) is 1. The first-order chi connectivity index (χ1) is 14.8. The molecule has 4 aromatic rings. The fourth-order valence-corrected chi connectivity index (χ4v) is 4.20. The number of hydrogen-bond acceptors (Lipinski definition) is 3. The van der Waals surface area contributed by atoms with Gasteiger partial charge in [0.25, 0.3) is 11.7 Å². The van der Waals surface area contributed by atoms with Gasteiger partial charge in [0.1, 0.15) is 5.15 Å². The number of carbonyl (C=O) groups excluding carboxylic acids is 2. The van der Waals surface area contributed by atoms with Crippen LogP contribution in [0.25, 0.3) is 10.9 Å². The molecule has 0 aliphatic carbocycles. The van der Waals surface area contributed by atoms with E-state index in [4.69, 9.17) is 46.4 Å². The third-order valence-corrected chi connectivity index (χ3v) is 5.87. The summed E-state index contributed by atoms with van der Waals surface area (Å²) in [5, 5.41) is 4.48. The molecule has 2 heterocycles. The van der Waals surface area contributed by atoms with E-state index in [2.05, 4.69) is 10.3 Å². The van der Waals surface area contributed by atoms with Gasteiger partial charge in [-0.15, -0.1) is 0 Å². The Kier molecular flexibility index (Phi) is 6.21. The maximum absolute atomic E-state index is 13.1. The molecule has 1 N–H and O–H groups in total. The van der Waals surface area contributed by atoms with Crippen LogP contribution in [0.15, 0.2) is 60.9 Å². The molecule has 0 spiro atoms. The van der Waals surface area contributed by atoms with Gasteiger partial charge in [-0.3, -0.25) is 14.6 Å². The SMILES string of the molecule is O=C(Nc1cccnc1)C(=O)c1c(Cl)n(Cc2ccc(Cl)cc2Cl)c2ccc(Cl)cc12. The minimum atomic E-state index is -0.835. The van der Waals surface area contributed by atoms with Crippen molar-refractivity contribution >= 4 is 74.7 Å². The van der Waals surface area contributed by atoms with Crippen LogP contribution < -0.4 is 5.32 Å². The summed E-state index contributed by atoms with van der Waals surface area (Å²) in [6, 6.07) is 13.4. The molecule has 9 heteroatoms. The van der Waals surface area contributed by atoms with Crippen molar-refractivity contribution in [2.45, 2.75) is 6.54 Å². The molecule has 0 aliphatic rings. The lowest BCUT2D eigenvalue weighted by atomic mass is 10.1. The molecule has 156 valence electrons. The van der Waals surface area contributed by atoms with Gasteiger partial charge in [0, 0.05) is 26.7 Å². The van der Waals surface area contributed by atoms with Gasteiger partial charge >= 0.3 is 0 Å². The monoisotopic (exact) mass is 491 g/mol. The fraction of sp³-hybridized carbons (Fsp3) is 0.0455. The van der Waals surface area contributed by atoms with E-state index >= 15 is 0 Å². The summed E-state index contributed by atoms with van der Waals surface area (Å²) in [7, 11) is 0. The first-order valence-electron chi connectivity index (χ1n) is 9.02. The molecule has 0 aliphatic heterocycles. The van der Waals surface area contributed by atoms with Gasteiger partial charge in [0.2, 0.25) is 0 Å². The van der Waals surface area contributed by atoms with Crippen LogP contribution in [0.4, 0.5) is 5.69 Å². The summed E-state index contributed by atoms with van der Waals surface area (Å²) in [5.41, 5.74) is 1.84. The number of aromatic nitrogens is 2. The minimum absolute atomic E-state index is 0.0608. The van der Waals surface area contributed by atoms with Crippen LogP contribution in [0.3, 0.4) is 0 Å².